The van der Waals surface area contributed by atoms with E-state index in [4.69, 9.17) is 13.7 Å². The molecule has 0 bridgehead atoms. The Morgan fingerprint density at radius 3 is 2.50 bits per heavy atom. The Kier molecular flexibility index (Phi) is 6.05. The molecule has 7 heteroatoms. The van der Waals surface area contributed by atoms with Crippen LogP contribution in [0.5, 0.6) is 0 Å². The van der Waals surface area contributed by atoms with Gasteiger partial charge in [-0.1, -0.05) is 48.0 Å². The summed E-state index contributed by atoms with van der Waals surface area (Å²) in [6, 6.07) is 15.9. The summed E-state index contributed by atoms with van der Waals surface area (Å²) >= 11 is 0. The van der Waals surface area contributed by atoms with Gasteiger partial charge in [-0.2, -0.15) is 8.42 Å². The molecule has 2 aromatic rings. The van der Waals surface area contributed by atoms with Gasteiger partial charge in [-0.15, -0.1) is 0 Å². The Balaban J connectivity index is 1.62. The second-order valence-electron chi connectivity index (χ2n) is 6.27. The molecule has 1 saturated heterocycles. The van der Waals surface area contributed by atoms with Crippen LogP contribution in [0, 0.1) is 6.92 Å². The maximum Gasteiger partial charge on any atom is 0.297 e. The van der Waals surface area contributed by atoms with Crippen LogP contribution in [-0.4, -0.2) is 45.0 Å². The molecule has 3 atom stereocenters. The van der Waals surface area contributed by atoms with E-state index < -0.39 is 28.4 Å². The summed E-state index contributed by atoms with van der Waals surface area (Å²) in [5, 5.41) is 10.1. The smallest absolute Gasteiger partial charge is 0.297 e. The molecule has 3 rings (SSSR count). The predicted molar refractivity (Wildman–Crippen MR) is 95.1 cm³/mol. The zero-order chi connectivity index (χ0) is 18.6. The first-order valence-corrected chi connectivity index (χ1v) is 9.78. The van der Waals surface area contributed by atoms with Gasteiger partial charge < -0.3 is 14.6 Å². The average Bonchev–Trinajstić information content (AvgIpc) is 2.96. The summed E-state index contributed by atoms with van der Waals surface area (Å²) in [6.45, 7) is 2.37. The summed E-state index contributed by atoms with van der Waals surface area (Å²) in [5.74, 6) is 0. The second-order valence-corrected chi connectivity index (χ2v) is 7.84. The first kappa shape index (κ1) is 19.0. The van der Waals surface area contributed by atoms with Crippen molar-refractivity contribution in [2.75, 3.05) is 13.2 Å². The average molecular weight is 378 g/mol. The van der Waals surface area contributed by atoms with Gasteiger partial charge in [0.25, 0.3) is 10.1 Å². The number of benzene rings is 2. The van der Waals surface area contributed by atoms with Crippen LogP contribution < -0.4 is 0 Å². The van der Waals surface area contributed by atoms with Gasteiger partial charge >= 0.3 is 0 Å². The van der Waals surface area contributed by atoms with Gasteiger partial charge in [0.15, 0.2) is 0 Å². The highest BCUT2D eigenvalue weighted by molar-refractivity contribution is 7.86. The lowest BCUT2D eigenvalue weighted by Crippen LogP contribution is -2.37. The van der Waals surface area contributed by atoms with E-state index in [9.17, 15) is 13.5 Å². The molecule has 1 aliphatic heterocycles. The first-order valence-electron chi connectivity index (χ1n) is 8.37. The molecule has 6 nitrogen and oxygen atoms in total. The molecule has 0 aromatic heterocycles. The van der Waals surface area contributed by atoms with Crippen molar-refractivity contribution in [2.24, 2.45) is 0 Å². The lowest BCUT2D eigenvalue weighted by atomic mass is 10.1. The van der Waals surface area contributed by atoms with Crippen LogP contribution in [0.4, 0.5) is 0 Å². The predicted octanol–water partition coefficient (Wildman–Crippen LogP) is 2.05. The number of rotatable bonds is 7. The van der Waals surface area contributed by atoms with Crippen LogP contribution in [0.25, 0.3) is 0 Å². The van der Waals surface area contributed by atoms with Crippen LogP contribution in [0.15, 0.2) is 59.5 Å². The van der Waals surface area contributed by atoms with Crippen LogP contribution in [-0.2, 0) is 30.4 Å². The van der Waals surface area contributed by atoms with E-state index in [-0.39, 0.29) is 18.1 Å². The summed E-state index contributed by atoms with van der Waals surface area (Å²) < 4.78 is 41.2. The lowest BCUT2D eigenvalue weighted by molar-refractivity contribution is -0.0241. The summed E-state index contributed by atoms with van der Waals surface area (Å²) in [7, 11) is -4.00. The van der Waals surface area contributed by atoms with Gasteiger partial charge in [-0.05, 0) is 24.6 Å². The highest BCUT2D eigenvalue weighted by Gasteiger charge is 2.40. The summed E-state index contributed by atoms with van der Waals surface area (Å²) in [4.78, 5) is 0.0474. The van der Waals surface area contributed by atoms with Crippen molar-refractivity contribution < 1.29 is 27.2 Å². The minimum Gasteiger partial charge on any atom is -0.388 e. The van der Waals surface area contributed by atoms with E-state index in [0.717, 1.165) is 11.1 Å². The third kappa shape index (κ3) is 4.69. The fraction of sp³-hybridized carbons (Fsp3) is 0.368. The minimum atomic E-state index is -4.00. The van der Waals surface area contributed by atoms with Gasteiger partial charge in [0.2, 0.25) is 0 Å². The molecule has 0 saturated carbocycles. The molecule has 0 unspecified atom stereocenters. The van der Waals surface area contributed by atoms with Crippen molar-refractivity contribution in [3.05, 3.63) is 65.7 Å². The number of aryl methyl sites for hydroxylation is 1. The molecule has 0 aliphatic carbocycles. The molecule has 1 fully saturated rings. The van der Waals surface area contributed by atoms with Crippen molar-refractivity contribution in [3.8, 4) is 0 Å². The quantitative estimate of drug-likeness (QED) is 0.743. The van der Waals surface area contributed by atoms with Crippen LogP contribution in [0.1, 0.15) is 11.1 Å². The molecular formula is C19H22O6S. The molecule has 140 valence electrons. The molecule has 1 N–H and O–H groups in total. The Morgan fingerprint density at radius 1 is 1.12 bits per heavy atom. The van der Waals surface area contributed by atoms with E-state index >= 15 is 0 Å². The summed E-state index contributed by atoms with van der Waals surface area (Å²) in [5.41, 5.74) is 1.94. The highest BCUT2D eigenvalue weighted by atomic mass is 32.2. The minimum absolute atomic E-state index is 0.00739. The monoisotopic (exact) mass is 378 g/mol. The fourth-order valence-corrected chi connectivity index (χ4v) is 3.83. The molecule has 0 spiro atoms. The maximum atomic E-state index is 12.5. The first-order chi connectivity index (χ1) is 12.5. The third-order valence-corrected chi connectivity index (χ3v) is 5.49. The Morgan fingerprint density at radius 2 is 1.81 bits per heavy atom. The van der Waals surface area contributed by atoms with Gasteiger partial charge in [0.1, 0.15) is 18.3 Å². The van der Waals surface area contributed by atoms with Gasteiger partial charge in [-0.3, -0.25) is 4.18 Å². The standard InChI is InChI=1S/C19H22O6S/c1-14-7-9-16(10-8-14)26(21,22)25-19-17(20)12-24-18(19)13-23-11-15-5-3-2-4-6-15/h2-10,17-20H,11-13H2,1H3/t17-,18+,19+/m1/s1. The molecular weight excluding hydrogens is 356 g/mol. The van der Waals surface area contributed by atoms with Gasteiger partial charge in [0.05, 0.1) is 24.7 Å². The van der Waals surface area contributed by atoms with Crippen molar-refractivity contribution >= 4 is 10.1 Å². The third-order valence-electron chi connectivity index (χ3n) is 4.17. The molecule has 26 heavy (non-hydrogen) atoms. The number of hydrogen-bond donors (Lipinski definition) is 1. The zero-order valence-electron chi connectivity index (χ0n) is 14.4. The Hall–Kier alpha value is -1.77. The molecule has 1 heterocycles. The maximum absolute atomic E-state index is 12.5. The normalized spacial score (nSPS) is 23.2. The molecule has 0 radical (unpaired) electrons. The van der Waals surface area contributed by atoms with E-state index in [1.807, 2.05) is 37.3 Å². The Labute approximate surface area is 153 Å². The summed E-state index contributed by atoms with van der Waals surface area (Å²) in [6.07, 6.45) is -2.69. The molecule has 2 aromatic carbocycles. The van der Waals surface area contributed by atoms with Crippen molar-refractivity contribution in [2.45, 2.75) is 36.7 Å². The van der Waals surface area contributed by atoms with Crippen LogP contribution in [0.2, 0.25) is 0 Å². The zero-order valence-corrected chi connectivity index (χ0v) is 15.3. The number of hydrogen-bond acceptors (Lipinski definition) is 6. The van der Waals surface area contributed by atoms with E-state index in [1.165, 1.54) is 12.1 Å². The van der Waals surface area contributed by atoms with Crippen molar-refractivity contribution in [3.63, 3.8) is 0 Å². The largest absolute Gasteiger partial charge is 0.388 e. The van der Waals surface area contributed by atoms with Crippen LogP contribution in [0.3, 0.4) is 0 Å². The van der Waals surface area contributed by atoms with Gasteiger partial charge in [-0.25, -0.2) is 0 Å². The number of aliphatic hydroxyl groups is 1. The lowest BCUT2D eigenvalue weighted by Gasteiger charge is -2.20. The second kappa shape index (κ2) is 8.28. The SMILES string of the molecule is Cc1ccc(S(=O)(=O)O[C@H]2[C@H](O)CO[C@H]2COCc2ccccc2)cc1. The van der Waals surface area contributed by atoms with E-state index in [0.29, 0.717) is 6.61 Å². The molecule has 1 aliphatic rings. The number of ether oxygens (including phenoxy) is 2. The van der Waals surface area contributed by atoms with Gasteiger partial charge in [0, 0.05) is 0 Å². The fourth-order valence-electron chi connectivity index (χ4n) is 2.70. The number of aliphatic hydroxyl groups excluding tert-OH is 1. The Bertz CT molecular complexity index is 804. The van der Waals surface area contributed by atoms with Crippen LogP contribution >= 0.6 is 0 Å². The molecule has 0 amide bonds. The topological polar surface area (TPSA) is 82.1 Å². The van der Waals surface area contributed by atoms with E-state index in [2.05, 4.69) is 0 Å². The van der Waals surface area contributed by atoms with Crippen molar-refractivity contribution in [1.82, 2.24) is 0 Å². The highest BCUT2D eigenvalue weighted by Crippen LogP contribution is 2.24. The van der Waals surface area contributed by atoms with Crippen molar-refractivity contribution in [1.29, 1.82) is 0 Å². The van der Waals surface area contributed by atoms with E-state index in [1.54, 1.807) is 12.1 Å².